The minimum Gasteiger partial charge on any atom is -0.351 e. The van der Waals surface area contributed by atoms with E-state index in [4.69, 9.17) is 0 Å². The Hall–Kier alpha value is -1.89. The van der Waals surface area contributed by atoms with Crippen LogP contribution in [0.5, 0.6) is 0 Å². The van der Waals surface area contributed by atoms with E-state index >= 15 is 0 Å². The summed E-state index contributed by atoms with van der Waals surface area (Å²) in [5.41, 5.74) is 0.855. The topological polar surface area (TPSA) is 79.3 Å². The second kappa shape index (κ2) is 7.59. The van der Waals surface area contributed by atoms with Crippen molar-refractivity contribution in [3.8, 4) is 0 Å². The highest BCUT2D eigenvalue weighted by molar-refractivity contribution is 5.83. The van der Waals surface area contributed by atoms with Crippen molar-refractivity contribution in [3.05, 3.63) is 18.0 Å². The molecule has 7 heteroatoms. The third-order valence-corrected chi connectivity index (χ3v) is 4.20. The monoisotopic (exact) mass is 321 g/mol. The predicted molar refractivity (Wildman–Crippen MR) is 87.6 cm³/mol. The maximum atomic E-state index is 12.8. The second-order valence-electron chi connectivity index (χ2n) is 6.46. The van der Waals surface area contributed by atoms with Gasteiger partial charge in [-0.2, -0.15) is 5.10 Å². The maximum absolute atomic E-state index is 12.8. The first-order valence-electron chi connectivity index (χ1n) is 8.17. The van der Waals surface area contributed by atoms with Crippen molar-refractivity contribution in [1.29, 1.82) is 0 Å². The third-order valence-electron chi connectivity index (χ3n) is 4.20. The number of aryl methyl sites for hydroxylation is 1. The quantitative estimate of drug-likeness (QED) is 0.825. The minimum atomic E-state index is -0.400. The van der Waals surface area contributed by atoms with Gasteiger partial charge in [0.15, 0.2) is 0 Å². The molecule has 1 aliphatic rings. The number of nitrogens with one attached hydrogen (secondary N) is 2. The molecule has 0 radical (unpaired) electrons. The highest BCUT2D eigenvalue weighted by Crippen LogP contribution is 2.19. The van der Waals surface area contributed by atoms with Gasteiger partial charge < -0.3 is 15.5 Å². The van der Waals surface area contributed by atoms with Gasteiger partial charge in [0.25, 0.3) is 0 Å². The number of carbonyl (C=O) groups is 2. The summed E-state index contributed by atoms with van der Waals surface area (Å²) in [6, 6.07) is -0.364. The standard InChI is InChI=1S/C16H27N5O2/c1-11(2)15(22)19-13-6-5-7-21(10-13)16(23)14(17-3)12-8-18-20(4)9-12/h8-9,11,13-14,17H,5-7,10H2,1-4H3,(H,19,22). The van der Waals surface area contributed by atoms with Crippen LogP contribution in [0.2, 0.25) is 0 Å². The largest absolute Gasteiger partial charge is 0.351 e. The van der Waals surface area contributed by atoms with Crippen molar-refractivity contribution in [1.82, 2.24) is 25.3 Å². The Balaban J connectivity index is 2.01. The van der Waals surface area contributed by atoms with Crippen LogP contribution in [-0.2, 0) is 16.6 Å². The fourth-order valence-electron chi connectivity index (χ4n) is 2.87. The lowest BCUT2D eigenvalue weighted by molar-refractivity contribution is -0.136. The second-order valence-corrected chi connectivity index (χ2v) is 6.46. The summed E-state index contributed by atoms with van der Waals surface area (Å²) in [6.07, 6.45) is 5.37. The van der Waals surface area contributed by atoms with Crippen LogP contribution in [0.25, 0.3) is 0 Å². The Bertz CT molecular complexity index is 554. The van der Waals surface area contributed by atoms with Crippen LogP contribution in [0, 0.1) is 5.92 Å². The van der Waals surface area contributed by atoms with E-state index in [9.17, 15) is 9.59 Å². The lowest BCUT2D eigenvalue weighted by atomic mass is 10.0. The number of amides is 2. The summed E-state index contributed by atoms with van der Waals surface area (Å²) in [4.78, 5) is 26.5. The average Bonchev–Trinajstić information content (AvgIpc) is 2.94. The molecule has 1 aromatic rings. The highest BCUT2D eigenvalue weighted by atomic mass is 16.2. The van der Waals surface area contributed by atoms with Gasteiger partial charge >= 0.3 is 0 Å². The molecule has 1 fully saturated rings. The Morgan fingerprint density at radius 2 is 2.13 bits per heavy atom. The van der Waals surface area contributed by atoms with E-state index in [0.29, 0.717) is 6.54 Å². The van der Waals surface area contributed by atoms with E-state index in [1.807, 2.05) is 32.0 Å². The Morgan fingerprint density at radius 3 is 2.70 bits per heavy atom. The molecule has 0 bridgehead atoms. The van der Waals surface area contributed by atoms with Gasteiger partial charge in [-0.3, -0.25) is 14.3 Å². The molecule has 2 rings (SSSR count). The zero-order valence-electron chi connectivity index (χ0n) is 14.4. The van der Waals surface area contributed by atoms with Crippen molar-refractivity contribution >= 4 is 11.8 Å². The van der Waals surface area contributed by atoms with Gasteiger partial charge in [-0.15, -0.1) is 0 Å². The van der Waals surface area contributed by atoms with E-state index in [1.54, 1.807) is 17.9 Å². The van der Waals surface area contributed by atoms with E-state index in [0.717, 1.165) is 24.9 Å². The van der Waals surface area contributed by atoms with Crippen LogP contribution in [0.15, 0.2) is 12.4 Å². The van der Waals surface area contributed by atoms with Crippen LogP contribution < -0.4 is 10.6 Å². The van der Waals surface area contributed by atoms with Crippen LogP contribution >= 0.6 is 0 Å². The number of piperidine rings is 1. The molecule has 0 aliphatic carbocycles. The zero-order valence-corrected chi connectivity index (χ0v) is 14.4. The van der Waals surface area contributed by atoms with Gasteiger partial charge in [0, 0.05) is 43.9 Å². The molecule has 1 aliphatic heterocycles. The van der Waals surface area contributed by atoms with Gasteiger partial charge in [-0.1, -0.05) is 13.8 Å². The zero-order chi connectivity index (χ0) is 17.0. The summed E-state index contributed by atoms with van der Waals surface area (Å²) in [5, 5.41) is 10.2. The third kappa shape index (κ3) is 4.31. The molecule has 0 spiro atoms. The molecule has 1 saturated heterocycles. The van der Waals surface area contributed by atoms with Crippen LogP contribution in [-0.4, -0.2) is 52.7 Å². The highest BCUT2D eigenvalue weighted by Gasteiger charge is 2.30. The number of likely N-dealkylation sites (tertiary alicyclic amines) is 1. The molecule has 128 valence electrons. The summed E-state index contributed by atoms with van der Waals surface area (Å²) in [6.45, 7) is 5.04. The van der Waals surface area contributed by atoms with Gasteiger partial charge in [0.1, 0.15) is 6.04 Å². The van der Waals surface area contributed by atoms with Crippen molar-refractivity contribution in [2.24, 2.45) is 13.0 Å². The molecule has 23 heavy (non-hydrogen) atoms. The van der Waals surface area contributed by atoms with Crippen molar-refractivity contribution in [3.63, 3.8) is 0 Å². The molecule has 2 atom stereocenters. The first kappa shape index (κ1) is 17.5. The number of nitrogens with zero attached hydrogens (tertiary/aromatic N) is 3. The number of hydrogen-bond donors (Lipinski definition) is 2. The molecule has 0 saturated carbocycles. The number of rotatable bonds is 5. The molecule has 2 amide bonds. The Labute approximate surface area is 137 Å². The molecular weight excluding hydrogens is 294 g/mol. The van der Waals surface area contributed by atoms with E-state index in [1.165, 1.54) is 0 Å². The van der Waals surface area contributed by atoms with Crippen molar-refractivity contribution < 1.29 is 9.59 Å². The molecule has 1 aromatic heterocycles. The summed E-state index contributed by atoms with van der Waals surface area (Å²) < 4.78 is 1.69. The lowest BCUT2D eigenvalue weighted by Gasteiger charge is -2.35. The SMILES string of the molecule is CNC(C(=O)N1CCCC(NC(=O)C(C)C)C1)c1cnn(C)c1. The fraction of sp³-hybridized carbons (Fsp3) is 0.688. The fourth-order valence-corrected chi connectivity index (χ4v) is 2.87. The van der Waals surface area contributed by atoms with Crippen LogP contribution in [0.1, 0.15) is 38.3 Å². The van der Waals surface area contributed by atoms with E-state index in [-0.39, 0.29) is 23.8 Å². The minimum absolute atomic E-state index is 0.0315. The van der Waals surface area contributed by atoms with Crippen LogP contribution in [0.3, 0.4) is 0 Å². The summed E-state index contributed by atoms with van der Waals surface area (Å²) in [5.74, 6) is 0.0345. The molecular formula is C16H27N5O2. The smallest absolute Gasteiger partial charge is 0.244 e. The normalized spacial score (nSPS) is 19.7. The first-order chi connectivity index (χ1) is 10.9. The molecule has 2 heterocycles. The maximum Gasteiger partial charge on any atom is 0.244 e. The van der Waals surface area contributed by atoms with Gasteiger partial charge in [-0.25, -0.2) is 0 Å². The van der Waals surface area contributed by atoms with E-state index in [2.05, 4.69) is 15.7 Å². The van der Waals surface area contributed by atoms with Gasteiger partial charge in [0.2, 0.25) is 11.8 Å². The molecule has 7 nitrogen and oxygen atoms in total. The van der Waals surface area contributed by atoms with Crippen LogP contribution in [0.4, 0.5) is 0 Å². The van der Waals surface area contributed by atoms with E-state index < -0.39 is 6.04 Å². The lowest BCUT2D eigenvalue weighted by Crippen LogP contribution is -2.52. The molecule has 2 N–H and O–H groups in total. The average molecular weight is 321 g/mol. The number of likely N-dealkylation sites (N-methyl/N-ethyl adjacent to an activating group) is 1. The number of carbonyl (C=O) groups excluding carboxylic acids is 2. The summed E-state index contributed by atoms with van der Waals surface area (Å²) >= 11 is 0. The summed E-state index contributed by atoms with van der Waals surface area (Å²) in [7, 11) is 3.61. The first-order valence-corrected chi connectivity index (χ1v) is 8.17. The molecule has 0 aromatic carbocycles. The number of hydrogen-bond acceptors (Lipinski definition) is 4. The Kier molecular flexibility index (Phi) is 5.76. The van der Waals surface area contributed by atoms with Gasteiger partial charge in [0.05, 0.1) is 6.20 Å². The Morgan fingerprint density at radius 1 is 1.39 bits per heavy atom. The van der Waals surface area contributed by atoms with Gasteiger partial charge in [-0.05, 0) is 19.9 Å². The molecule has 2 unspecified atom stereocenters. The predicted octanol–water partition coefficient (Wildman–Crippen LogP) is 0.444. The van der Waals surface area contributed by atoms with Crippen molar-refractivity contribution in [2.45, 2.75) is 38.8 Å². The van der Waals surface area contributed by atoms with Crippen molar-refractivity contribution in [2.75, 3.05) is 20.1 Å². The number of aromatic nitrogens is 2.